The Morgan fingerprint density at radius 1 is 1.60 bits per heavy atom. The van der Waals surface area contributed by atoms with Crippen molar-refractivity contribution in [2.45, 2.75) is 19.8 Å². The van der Waals surface area contributed by atoms with Crippen molar-refractivity contribution in [2.75, 3.05) is 11.5 Å². The SMILES string of the molecule is C=CCCCSCC(=C)C. The molecule has 0 amide bonds. The van der Waals surface area contributed by atoms with Gasteiger partial charge in [-0.3, -0.25) is 0 Å². The highest BCUT2D eigenvalue weighted by Gasteiger charge is 1.87. The van der Waals surface area contributed by atoms with Crippen molar-refractivity contribution in [3.8, 4) is 0 Å². The van der Waals surface area contributed by atoms with E-state index < -0.39 is 0 Å². The van der Waals surface area contributed by atoms with Crippen molar-refractivity contribution < 1.29 is 0 Å². The van der Waals surface area contributed by atoms with Crippen molar-refractivity contribution in [1.29, 1.82) is 0 Å². The molecule has 0 aliphatic heterocycles. The lowest BCUT2D eigenvalue weighted by Gasteiger charge is -1.97. The lowest BCUT2D eigenvalue weighted by molar-refractivity contribution is 0.974. The minimum absolute atomic E-state index is 1.11. The third kappa shape index (κ3) is 7.83. The Hall–Kier alpha value is -0.170. The van der Waals surface area contributed by atoms with Gasteiger partial charge >= 0.3 is 0 Å². The molecule has 0 saturated heterocycles. The van der Waals surface area contributed by atoms with Gasteiger partial charge in [0.15, 0.2) is 0 Å². The monoisotopic (exact) mass is 156 g/mol. The van der Waals surface area contributed by atoms with Crippen LogP contribution in [0.2, 0.25) is 0 Å². The number of unbranched alkanes of at least 4 members (excludes halogenated alkanes) is 1. The van der Waals surface area contributed by atoms with E-state index in [0.29, 0.717) is 0 Å². The van der Waals surface area contributed by atoms with Crippen LogP contribution in [0.15, 0.2) is 24.8 Å². The molecular formula is C9H16S. The third-order valence-electron chi connectivity index (χ3n) is 1.05. The molecule has 0 unspecified atom stereocenters. The highest BCUT2D eigenvalue weighted by molar-refractivity contribution is 7.99. The molecule has 0 saturated carbocycles. The number of thioether (sulfide) groups is 1. The van der Waals surface area contributed by atoms with Gasteiger partial charge in [-0.15, -0.1) is 6.58 Å². The smallest absolute Gasteiger partial charge is 0.0137 e. The molecule has 1 heteroatoms. The van der Waals surface area contributed by atoms with Crippen LogP contribution in [0.5, 0.6) is 0 Å². The Labute approximate surface area is 68.4 Å². The van der Waals surface area contributed by atoms with E-state index >= 15 is 0 Å². The fourth-order valence-corrected chi connectivity index (χ4v) is 1.44. The van der Waals surface area contributed by atoms with Crippen molar-refractivity contribution in [3.05, 3.63) is 24.8 Å². The topological polar surface area (TPSA) is 0 Å². The van der Waals surface area contributed by atoms with Crippen LogP contribution in [0.25, 0.3) is 0 Å². The molecule has 0 spiro atoms. The van der Waals surface area contributed by atoms with Gasteiger partial charge in [0.2, 0.25) is 0 Å². The first-order chi connectivity index (χ1) is 4.77. The highest BCUT2D eigenvalue weighted by Crippen LogP contribution is 2.08. The largest absolute Gasteiger partial charge is 0.158 e. The summed E-state index contributed by atoms with van der Waals surface area (Å²) in [5, 5.41) is 0. The van der Waals surface area contributed by atoms with Gasteiger partial charge in [0.05, 0.1) is 0 Å². The summed E-state index contributed by atoms with van der Waals surface area (Å²) in [5.41, 5.74) is 1.27. The van der Waals surface area contributed by atoms with Gasteiger partial charge in [-0.25, -0.2) is 0 Å². The van der Waals surface area contributed by atoms with Crippen molar-refractivity contribution in [2.24, 2.45) is 0 Å². The quantitative estimate of drug-likeness (QED) is 0.420. The molecule has 0 aromatic rings. The highest BCUT2D eigenvalue weighted by atomic mass is 32.2. The second-order valence-corrected chi connectivity index (χ2v) is 3.55. The molecule has 0 aliphatic carbocycles. The van der Waals surface area contributed by atoms with Crippen LogP contribution < -0.4 is 0 Å². The maximum atomic E-state index is 3.83. The summed E-state index contributed by atoms with van der Waals surface area (Å²) < 4.78 is 0. The maximum Gasteiger partial charge on any atom is 0.0137 e. The van der Waals surface area contributed by atoms with Crippen LogP contribution in [-0.4, -0.2) is 11.5 Å². The van der Waals surface area contributed by atoms with Crippen LogP contribution in [-0.2, 0) is 0 Å². The van der Waals surface area contributed by atoms with E-state index in [1.165, 1.54) is 17.7 Å². The van der Waals surface area contributed by atoms with Crippen LogP contribution in [0, 0.1) is 0 Å². The zero-order chi connectivity index (χ0) is 7.82. The minimum Gasteiger partial charge on any atom is -0.158 e. The normalized spacial score (nSPS) is 9.30. The Balaban J connectivity index is 2.90. The lowest BCUT2D eigenvalue weighted by atomic mass is 10.3. The number of hydrogen-bond acceptors (Lipinski definition) is 1. The Morgan fingerprint density at radius 2 is 2.30 bits per heavy atom. The van der Waals surface area contributed by atoms with E-state index in [1.807, 2.05) is 17.8 Å². The zero-order valence-electron chi connectivity index (χ0n) is 6.73. The number of allylic oxidation sites excluding steroid dienone is 1. The molecule has 0 fully saturated rings. The fourth-order valence-electron chi connectivity index (χ4n) is 0.576. The Morgan fingerprint density at radius 3 is 2.80 bits per heavy atom. The summed E-state index contributed by atoms with van der Waals surface area (Å²) in [5.74, 6) is 2.34. The zero-order valence-corrected chi connectivity index (χ0v) is 7.54. The van der Waals surface area contributed by atoms with Gasteiger partial charge in [-0.2, -0.15) is 11.8 Å². The molecular weight excluding hydrogens is 140 g/mol. The summed E-state index contributed by atoms with van der Waals surface area (Å²) in [6.45, 7) is 9.57. The summed E-state index contributed by atoms with van der Waals surface area (Å²) in [6.07, 6.45) is 4.37. The second kappa shape index (κ2) is 6.94. The molecule has 0 bridgehead atoms. The van der Waals surface area contributed by atoms with E-state index in [4.69, 9.17) is 0 Å². The number of hydrogen-bond donors (Lipinski definition) is 0. The van der Waals surface area contributed by atoms with Crippen LogP contribution in [0.4, 0.5) is 0 Å². The first-order valence-electron chi connectivity index (χ1n) is 3.60. The standard InChI is InChI=1S/C9H16S/c1-4-5-6-7-10-8-9(2)3/h4H,1-2,5-8H2,3H3. The molecule has 0 aromatic carbocycles. The first-order valence-corrected chi connectivity index (χ1v) is 4.76. The predicted octanol–water partition coefficient (Wildman–Crippen LogP) is 3.26. The maximum absolute atomic E-state index is 3.83. The fraction of sp³-hybridized carbons (Fsp3) is 0.556. The summed E-state index contributed by atoms with van der Waals surface area (Å²) in [6, 6.07) is 0. The summed E-state index contributed by atoms with van der Waals surface area (Å²) in [4.78, 5) is 0. The van der Waals surface area contributed by atoms with Gasteiger partial charge in [-0.1, -0.05) is 18.2 Å². The molecule has 0 heterocycles. The minimum atomic E-state index is 1.11. The first kappa shape index (κ1) is 9.83. The van der Waals surface area contributed by atoms with Gasteiger partial charge in [0.1, 0.15) is 0 Å². The van der Waals surface area contributed by atoms with E-state index in [9.17, 15) is 0 Å². The van der Waals surface area contributed by atoms with E-state index in [2.05, 4.69) is 20.1 Å². The summed E-state index contributed by atoms with van der Waals surface area (Å²) in [7, 11) is 0. The predicted molar refractivity (Wildman–Crippen MR) is 51.6 cm³/mol. The average molecular weight is 156 g/mol. The Bertz CT molecular complexity index is 105. The lowest BCUT2D eigenvalue weighted by Crippen LogP contribution is -1.82. The Kier molecular flexibility index (Phi) is 6.83. The molecule has 0 rings (SSSR count). The van der Waals surface area contributed by atoms with E-state index in [1.54, 1.807) is 0 Å². The van der Waals surface area contributed by atoms with Gasteiger partial charge in [0, 0.05) is 5.75 Å². The third-order valence-corrected chi connectivity index (χ3v) is 2.32. The van der Waals surface area contributed by atoms with Gasteiger partial charge in [0.25, 0.3) is 0 Å². The summed E-state index contributed by atoms with van der Waals surface area (Å²) >= 11 is 1.95. The molecule has 10 heavy (non-hydrogen) atoms. The molecule has 0 aromatic heterocycles. The van der Waals surface area contributed by atoms with Crippen LogP contribution in [0.3, 0.4) is 0 Å². The van der Waals surface area contributed by atoms with Crippen molar-refractivity contribution in [3.63, 3.8) is 0 Å². The van der Waals surface area contributed by atoms with Crippen molar-refractivity contribution >= 4 is 11.8 Å². The van der Waals surface area contributed by atoms with Gasteiger partial charge < -0.3 is 0 Å². The van der Waals surface area contributed by atoms with Gasteiger partial charge in [-0.05, 0) is 25.5 Å². The van der Waals surface area contributed by atoms with Crippen molar-refractivity contribution in [1.82, 2.24) is 0 Å². The van der Waals surface area contributed by atoms with Crippen LogP contribution >= 0.6 is 11.8 Å². The number of rotatable bonds is 6. The molecule has 0 atom stereocenters. The van der Waals surface area contributed by atoms with E-state index in [-0.39, 0.29) is 0 Å². The van der Waals surface area contributed by atoms with Crippen LogP contribution in [0.1, 0.15) is 19.8 Å². The average Bonchev–Trinajstić information content (AvgIpc) is 1.87. The molecule has 0 nitrogen and oxygen atoms in total. The van der Waals surface area contributed by atoms with E-state index in [0.717, 1.165) is 12.2 Å². The molecule has 58 valence electrons. The second-order valence-electron chi connectivity index (χ2n) is 2.44. The molecule has 0 radical (unpaired) electrons. The molecule has 0 aliphatic rings. The molecule has 0 N–H and O–H groups in total.